The van der Waals surface area contributed by atoms with Crippen molar-refractivity contribution in [2.24, 2.45) is 5.92 Å². The van der Waals surface area contributed by atoms with Gasteiger partial charge in [0.25, 0.3) is 5.91 Å². The van der Waals surface area contributed by atoms with Crippen molar-refractivity contribution in [2.45, 2.75) is 75.5 Å². The van der Waals surface area contributed by atoms with Gasteiger partial charge >= 0.3 is 0 Å². The zero-order chi connectivity index (χ0) is 19.0. The number of hydrogen-bond acceptors (Lipinski definition) is 4. The summed E-state index contributed by atoms with van der Waals surface area (Å²) in [6.45, 7) is 3.78. The smallest absolute Gasteiger partial charge is 0.272 e. The molecule has 1 amide bonds. The molecule has 1 aromatic rings. The molecular weight excluding hydrogens is 350 g/mol. The zero-order valence-electron chi connectivity index (χ0n) is 16.9. The van der Waals surface area contributed by atoms with Gasteiger partial charge in [-0.05, 0) is 56.6 Å². The van der Waals surface area contributed by atoms with Crippen LogP contribution in [-0.4, -0.2) is 64.6 Å². The number of aromatic nitrogens is 1. The number of hydrogen-bond donors (Lipinski definition) is 0. The van der Waals surface area contributed by atoms with Crippen molar-refractivity contribution in [3.05, 3.63) is 30.1 Å². The van der Waals surface area contributed by atoms with E-state index in [4.69, 9.17) is 4.74 Å². The van der Waals surface area contributed by atoms with Crippen molar-refractivity contribution in [1.82, 2.24) is 14.8 Å². The zero-order valence-corrected chi connectivity index (χ0v) is 16.9. The van der Waals surface area contributed by atoms with Crippen LogP contribution in [0.5, 0.6) is 0 Å². The SMILES string of the molecule is O=C(c1ccccn1)N1CCC(N2CC(OCC3CC3)C23CCCCC3)CC1. The van der Waals surface area contributed by atoms with Crippen molar-refractivity contribution in [3.8, 4) is 0 Å². The van der Waals surface area contributed by atoms with Crippen LogP contribution < -0.4 is 0 Å². The Bertz CT molecular complexity index is 676. The third-order valence-corrected chi connectivity index (χ3v) is 7.56. The lowest BCUT2D eigenvalue weighted by Crippen LogP contribution is -2.75. The van der Waals surface area contributed by atoms with Gasteiger partial charge in [0.15, 0.2) is 0 Å². The van der Waals surface area contributed by atoms with Crippen molar-refractivity contribution < 1.29 is 9.53 Å². The summed E-state index contributed by atoms with van der Waals surface area (Å²) in [4.78, 5) is 21.7. The number of piperidine rings is 1. The number of amides is 1. The highest BCUT2D eigenvalue weighted by Crippen LogP contribution is 2.48. The second kappa shape index (κ2) is 7.75. The van der Waals surface area contributed by atoms with Crippen molar-refractivity contribution in [2.75, 3.05) is 26.2 Å². The van der Waals surface area contributed by atoms with Crippen LogP contribution in [0.1, 0.15) is 68.3 Å². The summed E-state index contributed by atoms with van der Waals surface area (Å²) >= 11 is 0. The van der Waals surface area contributed by atoms with Gasteiger partial charge in [-0.1, -0.05) is 25.3 Å². The maximum Gasteiger partial charge on any atom is 0.272 e. The van der Waals surface area contributed by atoms with Crippen LogP contribution in [0.25, 0.3) is 0 Å². The second-order valence-electron chi connectivity index (χ2n) is 9.32. The quantitative estimate of drug-likeness (QED) is 0.781. The molecule has 0 aromatic carbocycles. The molecule has 0 radical (unpaired) electrons. The van der Waals surface area contributed by atoms with E-state index >= 15 is 0 Å². The minimum atomic E-state index is 0.0840. The van der Waals surface area contributed by atoms with Crippen LogP contribution >= 0.6 is 0 Å². The Morgan fingerprint density at radius 3 is 2.57 bits per heavy atom. The molecule has 2 aliphatic carbocycles. The average molecular weight is 384 g/mol. The van der Waals surface area contributed by atoms with Gasteiger partial charge in [-0.25, -0.2) is 0 Å². The lowest BCUT2D eigenvalue weighted by molar-refractivity contribution is -0.202. The lowest BCUT2D eigenvalue weighted by Gasteiger charge is -2.63. The third kappa shape index (κ3) is 3.48. The van der Waals surface area contributed by atoms with E-state index in [-0.39, 0.29) is 5.91 Å². The van der Waals surface area contributed by atoms with Crippen LogP contribution in [0, 0.1) is 5.92 Å². The number of carbonyl (C=O) groups is 1. The van der Waals surface area contributed by atoms with Gasteiger partial charge in [0.1, 0.15) is 5.69 Å². The highest BCUT2D eigenvalue weighted by molar-refractivity contribution is 5.92. The monoisotopic (exact) mass is 383 g/mol. The third-order valence-electron chi connectivity index (χ3n) is 7.56. The molecule has 1 atom stereocenters. The van der Waals surface area contributed by atoms with Gasteiger partial charge in [-0.15, -0.1) is 0 Å². The fourth-order valence-electron chi connectivity index (χ4n) is 5.67. The van der Waals surface area contributed by atoms with Crippen molar-refractivity contribution in [3.63, 3.8) is 0 Å². The minimum absolute atomic E-state index is 0.0840. The summed E-state index contributed by atoms with van der Waals surface area (Å²) in [6, 6.07) is 6.18. The molecular formula is C23H33N3O2. The van der Waals surface area contributed by atoms with E-state index in [0.29, 0.717) is 23.4 Å². The summed E-state index contributed by atoms with van der Waals surface area (Å²) in [7, 11) is 0. The molecule has 1 aromatic heterocycles. The lowest BCUT2D eigenvalue weighted by atomic mass is 9.69. The summed E-state index contributed by atoms with van der Waals surface area (Å²) in [5.74, 6) is 0.927. The molecule has 0 N–H and O–H groups in total. The first-order valence-corrected chi connectivity index (χ1v) is 11.3. The van der Waals surface area contributed by atoms with Gasteiger partial charge < -0.3 is 9.64 Å². The summed E-state index contributed by atoms with van der Waals surface area (Å²) < 4.78 is 6.42. The number of nitrogens with zero attached hydrogens (tertiary/aromatic N) is 3. The van der Waals surface area contributed by atoms with E-state index in [2.05, 4.69) is 9.88 Å². The Labute approximate surface area is 168 Å². The fourth-order valence-corrected chi connectivity index (χ4v) is 5.67. The number of rotatable bonds is 5. The molecule has 1 unspecified atom stereocenters. The largest absolute Gasteiger partial charge is 0.375 e. The van der Waals surface area contributed by atoms with Gasteiger partial charge in [-0.2, -0.15) is 0 Å². The average Bonchev–Trinajstić information content (AvgIpc) is 3.58. The number of pyridine rings is 1. The topological polar surface area (TPSA) is 45.7 Å². The van der Waals surface area contributed by atoms with E-state index < -0.39 is 0 Å². The number of likely N-dealkylation sites (tertiary alicyclic amines) is 2. The normalized spacial score (nSPS) is 28.3. The first-order valence-electron chi connectivity index (χ1n) is 11.3. The molecule has 5 nitrogen and oxygen atoms in total. The molecule has 0 bridgehead atoms. The molecule has 4 fully saturated rings. The molecule has 1 spiro atoms. The van der Waals surface area contributed by atoms with Crippen molar-refractivity contribution >= 4 is 5.91 Å². The molecule has 4 aliphatic rings. The van der Waals surface area contributed by atoms with E-state index in [1.54, 1.807) is 6.20 Å². The van der Waals surface area contributed by atoms with Crippen LogP contribution in [0.4, 0.5) is 0 Å². The molecule has 5 rings (SSSR count). The molecule has 28 heavy (non-hydrogen) atoms. The molecule has 2 aliphatic heterocycles. The van der Waals surface area contributed by atoms with Gasteiger partial charge in [0, 0.05) is 44.0 Å². The molecule has 3 heterocycles. The number of ether oxygens (including phenoxy) is 1. The Hall–Kier alpha value is -1.46. The minimum Gasteiger partial charge on any atom is -0.375 e. The van der Waals surface area contributed by atoms with E-state index in [1.165, 1.54) is 44.9 Å². The first kappa shape index (κ1) is 18.6. The number of carbonyl (C=O) groups excluding carboxylic acids is 1. The highest BCUT2D eigenvalue weighted by Gasteiger charge is 2.56. The Balaban J connectivity index is 1.20. The van der Waals surface area contributed by atoms with E-state index in [0.717, 1.165) is 45.0 Å². The Morgan fingerprint density at radius 1 is 1.11 bits per heavy atom. The maximum atomic E-state index is 12.7. The second-order valence-corrected chi connectivity index (χ2v) is 9.32. The molecule has 2 saturated carbocycles. The molecule has 5 heteroatoms. The van der Waals surface area contributed by atoms with Crippen LogP contribution in [0.3, 0.4) is 0 Å². The van der Waals surface area contributed by atoms with E-state index in [1.807, 2.05) is 23.1 Å². The summed E-state index contributed by atoms with van der Waals surface area (Å²) in [5, 5.41) is 0. The van der Waals surface area contributed by atoms with Crippen LogP contribution in [-0.2, 0) is 4.74 Å². The van der Waals surface area contributed by atoms with E-state index in [9.17, 15) is 4.79 Å². The maximum absolute atomic E-state index is 12.7. The van der Waals surface area contributed by atoms with Gasteiger partial charge in [0.05, 0.1) is 6.10 Å². The predicted molar refractivity (Wildman–Crippen MR) is 108 cm³/mol. The van der Waals surface area contributed by atoms with Crippen LogP contribution in [0.15, 0.2) is 24.4 Å². The predicted octanol–water partition coefficient (Wildman–Crippen LogP) is 3.50. The van der Waals surface area contributed by atoms with Crippen molar-refractivity contribution in [1.29, 1.82) is 0 Å². The Kier molecular flexibility index (Phi) is 5.14. The summed E-state index contributed by atoms with van der Waals surface area (Å²) in [5.41, 5.74) is 0.868. The molecule has 2 saturated heterocycles. The Morgan fingerprint density at radius 2 is 1.89 bits per heavy atom. The fraction of sp³-hybridized carbons (Fsp3) is 0.739. The first-order chi connectivity index (χ1) is 13.8. The standard InChI is InChI=1S/C23H33N3O2/c27-22(20-6-2-5-13-24-20)25-14-9-19(10-15-25)26-16-21(28-17-18-7-8-18)23(26)11-3-1-4-12-23/h2,5-6,13,18-19,21H,1,3-4,7-12,14-17H2. The summed E-state index contributed by atoms with van der Waals surface area (Å²) in [6.07, 6.45) is 13.7. The van der Waals surface area contributed by atoms with Gasteiger partial charge in [0.2, 0.25) is 0 Å². The highest BCUT2D eigenvalue weighted by atomic mass is 16.5. The van der Waals surface area contributed by atoms with Gasteiger partial charge in [-0.3, -0.25) is 14.7 Å². The van der Waals surface area contributed by atoms with Crippen LogP contribution in [0.2, 0.25) is 0 Å². The molecule has 152 valence electrons.